The molecule has 0 aromatic carbocycles. The van der Waals surface area contributed by atoms with E-state index in [2.05, 4.69) is 0 Å². The average Bonchev–Trinajstić information content (AvgIpc) is 1.90. The van der Waals surface area contributed by atoms with E-state index in [1.165, 1.54) is 0 Å². The Morgan fingerprint density at radius 2 is 1.09 bits per heavy atom. The molecule has 0 fully saturated rings. The molecule has 0 rings (SSSR count). The molecule has 0 unspecified atom stereocenters. The predicted molar refractivity (Wildman–Crippen MR) is 42.0 cm³/mol. The fourth-order valence-electron chi connectivity index (χ4n) is 0.553. The first-order chi connectivity index (χ1) is 4.85. The van der Waals surface area contributed by atoms with Gasteiger partial charge < -0.3 is 13.3 Å². The smallest absolute Gasteiger partial charge is 0.376 e. The molecule has 0 aliphatic carbocycles. The van der Waals surface area contributed by atoms with Gasteiger partial charge in [0.1, 0.15) is 0 Å². The van der Waals surface area contributed by atoms with Gasteiger partial charge in [0.2, 0.25) is 0 Å². The fraction of sp³-hybridized carbons (Fsp3) is 1.00. The second-order valence-electron chi connectivity index (χ2n) is 1.65. The number of rotatable bonds is 6. The van der Waals surface area contributed by atoms with Gasteiger partial charge in [-0.15, -0.1) is 0 Å². The van der Waals surface area contributed by atoms with Gasteiger partial charge in [-0.2, -0.15) is 0 Å². The molecule has 0 aromatic rings. The molecular formula is C6H16MnO3Si. The molecule has 0 aliphatic rings. The summed E-state index contributed by atoms with van der Waals surface area (Å²) in [6.45, 7) is 7.86. The zero-order valence-corrected chi connectivity index (χ0v) is 9.64. The second-order valence-corrected chi connectivity index (χ2v) is 3.23. The zero-order valence-electron chi connectivity index (χ0n) is 7.30. The zero-order chi connectivity index (χ0) is 7.82. The quantitative estimate of drug-likeness (QED) is 0.619. The molecule has 0 bridgehead atoms. The van der Waals surface area contributed by atoms with E-state index in [0.717, 1.165) is 0 Å². The van der Waals surface area contributed by atoms with Crippen molar-refractivity contribution < 1.29 is 30.3 Å². The maximum Gasteiger partial charge on any atom is 0.484 e. The van der Waals surface area contributed by atoms with Crippen molar-refractivity contribution in [1.29, 1.82) is 0 Å². The maximum absolute atomic E-state index is 5.22. The maximum atomic E-state index is 5.22. The molecule has 0 heterocycles. The van der Waals surface area contributed by atoms with E-state index in [4.69, 9.17) is 13.3 Å². The Morgan fingerprint density at radius 3 is 1.27 bits per heavy atom. The van der Waals surface area contributed by atoms with Crippen LogP contribution in [0, 0.1) is 0 Å². The van der Waals surface area contributed by atoms with Crippen molar-refractivity contribution in [3.63, 3.8) is 0 Å². The van der Waals surface area contributed by atoms with Crippen molar-refractivity contribution in [3.05, 3.63) is 0 Å². The van der Waals surface area contributed by atoms with Crippen molar-refractivity contribution in [2.75, 3.05) is 19.8 Å². The van der Waals surface area contributed by atoms with Gasteiger partial charge in [-0.05, 0) is 20.8 Å². The van der Waals surface area contributed by atoms with Crippen LogP contribution < -0.4 is 0 Å². The predicted octanol–water partition coefficient (Wildman–Crippen LogP) is 0.811. The minimum Gasteiger partial charge on any atom is -0.376 e. The van der Waals surface area contributed by atoms with E-state index < -0.39 is 9.53 Å². The summed E-state index contributed by atoms with van der Waals surface area (Å²) in [5, 5.41) is 0. The van der Waals surface area contributed by atoms with Gasteiger partial charge in [0, 0.05) is 36.9 Å². The monoisotopic (exact) mass is 219 g/mol. The van der Waals surface area contributed by atoms with E-state index in [1.54, 1.807) is 0 Å². The molecule has 0 spiro atoms. The molecule has 1 radical (unpaired) electrons. The Kier molecular flexibility index (Phi) is 13.7. The number of hydrogen-bond acceptors (Lipinski definition) is 3. The summed E-state index contributed by atoms with van der Waals surface area (Å²) in [5.74, 6) is 0. The van der Waals surface area contributed by atoms with Gasteiger partial charge in [-0.1, -0.05) is 0 Å². The van der Waals surface area contributed by atoms with Gasteiger partial charge in [-0.3, -0.25) is 0 Å². The average molecular weight is 219 g/mol. The fourth-order valence-corrected chi connectivity index (χ4v) is 1.66. The Labute approximate surface area is 80.8 Å². The third kappa shape index (κ3) is 8.52. The van der Waals surface area contributed by atoms with Crippen LogP contribution in [0.2, 0.25) is 0 Å². The van der Waals surface area contributed by atoms with Crippen LogP contribution in [-0.4, -0.2) is 29.3 Å². The molecule has 0 aromatic heterocycles. The second kappa shape index (κ2) is 10.6. The summed E-state index contributed by atoms with van der Waals surface area (Å²) in [6, 6.07) is 0. The molecule has 0 atom stereocenters. The first-order valence-electron chi connectivity index (χ1n) is 3.69. The Bertz CT molecular complexity index is 60.6. The Hall–Kier alpha value is 0.616. The van der Waals surface area contributed by atoms with Crippen LogP contribution in [0.1, 0.15) is 20.8 Å². The molecule has 3 nitrogen and oxygen atoms in total. The third-order valence-electron chi connectivity index (χ3n) is 0.908. The van der Waals surface area contributed by atoms with E-state index in [1.807, 2.05) is 20.8 Å². The molecule has 69 valence electrons. The molecule has 0 saturated carbocycles. The minimum atomic E-state index is -1.73. The Morgan fingerprint density at radius 1 is 0.818 bits per heavy atom. The van der Waals surface area contributed by atoms with Gasteiger partial charge in [0.25, 0.3) is 0 Å². The van der Waals surface area contributed by atoms with Gasteiger partial charge in [-0.25, -0.2) is 0 Å². The summed E-state index contributed by atoms with van der Waals surface area (Å²) in [6.07, 6.45) is 0. The summed E-state index contributed by atoms with van der Waals surface area (Å²) < 4.78 is 15.7. The Balaban J connectivity index is 0. The standard InChI is InChI=1S/C6H16O3Si.Mn/c1-4-7-10(8-5-2)9-6-3;/h10H,4-6H2,1-3H3;. The van der Waals surface area contributed by atoms with Crippen LogP contribution in [0.5, 0.6) is 0 Å². The molecule has 0 aliphatic heterocycles. The molecule has 0 N–H and O–H groups in total. The summed E-state index contributed by atoms with van der Waals surface area (Å²) >= 11 is 0. The normalized spacial score (nSPS) is 9.82. The van der Waals surface area contributed by atoms with Crippen molar-refractivity contribution in [2.45, 2.75) is 20.8 Å². The van der Waals surface area contributed by atoms with E-state index in [9.17, 15) is 0 Å². The molecule has 11 heavy (non-hydrogen) atoms. The van der Waals surface area contributed by atoms with Crippen molar-refractivity contribution in [1.82, 2.24) is 0 Å². The van der Waals surface area contributed by atoms with E-state index in [0.29, 0.717) is 19.8 Å². The minimum absolute atomic E-state index is 0. The first kappa shape index (κ1) is 14.2. The molecule has 0 saturated heterocycles. The van der Waals surface area contributed by atoms with Crippen LogP contribution in [-0.2, 0) is 30.3 Å². The van der Waals surface area contributed by atoms with E-state index >= 15 is 0 Å². The van der Waals surface area contributed by atoms with Gasteiger partial charge in [0.15, 0.2) is 0 Å². The largest absolute Gasteiger partial charge is 0.484 e. The topological polar surface area (TPSA) is 27.7 Å². The van der Waals surface area contributed by atoms with Crippen molar-refractivity contribution in [2.24, 2.45) is 0 Å². The van der Waals surface area contributed by atoms with Crippen LogP contribution in [0.25, 0.3) is 0 Å². The molecular weight excluding hydrogens is 203 g/mol. The number of hydrogen-bond donors (Lipinski definition) is 0. The summed E-state index contributed by atoms with van der Waals surface area (Å²) in [7, 11) is -1.73. The molecule has 0 amide bonds. The molecule has 5 heteroatoms. The van der Waals surface area contributed by atoms with E-state index in [-0.39, 0.29) is 17.1 Å². The van der Waals surface area contributed by atoms with Crippen LogP contribution in [0.15, 0.2) is 0 Å². The van der Waals surface area contributed by atoms with Crippen molar-refractivity contribution >= 4 is 9.53 Å². The first-order valence-corrected chi connectivity index (χ1v) is 5.11. The van der Waals surface area contributed by atoms with Crippen LogP contribution in [0.3, 0.4) is 0 Å². The van der Waals surface area contributed by atoms with Gasteiger partial charge in [0.05, 0.1) is 0 Å². The van der Waals surface area contributed by atoms with Crippen molar-refractivity contribution in [3.8, 4) is 0 Å². The van der Waals surface area contributed by atoms with Crippen LogP contribution >= 0.6 is 0 Å². The van der Waals surface area contributed by atoms with Crippen LogP contribution in [0.4, 0.5) is 0 Å². The van der Waals surface area contributed by atoms with Gasteiger partial charge >= 0.3 is 9.53 Å². The summed E-state index contributed by atoms with van der Waals surface area (Å²) in [4.78, 5) is 0. The third-order valence-corrected chi connectivity index (χ3v) is 2.72. The summed E-state index contributed by atoms with van der Waals surface area (Å²) in [5.41, 5.74) is 0. The SMILES string of the molecule is CCO[SiH](OCC)OCC.[Mn].